The summed E-state index contributed by atoms with van der Waals surface area (Å²) in [5.74, 6) is 0. The maximum atomic E-state index is 10.2. The van der Waals surface area contributed by atoms with Crippen LogP contribution in [-0.4, -0.2) is 13.0 Å². The first-order valence-corrected chi connectivity index (χ1v) is 9.73. The normalized spacial score (nSPS) is 11.5. The van der Waals surface area contributed by atoms with Crippen molar-refractivity contribution in [1.82, 2.24) is 0 Å². The molecule has 0 heterocycles. The molecule has 0 amide bonds. The molecule has 0 aliphatic heterocycles. The van der Waals surface area contributed by atoms with Gasteiger partial charge in [-0.15, -0.1) is 0 Å². The van der Waals surface area contributed by atoms with E-state index in [9.17, 15) is 8.42 Å². The summed E-state index contributed by atoms with van der Waals surface area (Å²) in [4.78, 5) is 0. The number of rotatable bonds is 15. The molecule has 1 N–H and O–H groups in total. The van der Waals surface area contributed by atoms with Crippen molar-refractivity contribution in [2.24, 2.45) is 0 Å². The van der Waals surface area contributed by atoms with E-state index in [0.29, 0.717) is 0 Å². The van der Waals surface area contributed by atoms with E-state index in [-0.39, 0.29) is 29.6 Å². The maximum absolute atomic E-state index is 10.2. The largest absolute Gasteiger partial charge is 1.00 e. The van der Waals surface area contributed by atoms with Gasteiger partial charge in [0.25, 0.3) is 0 Å². The summed E-state index contributed by atoms with van der Waals surface area (Å²) < 4.78 is 32.9. The molecule has 0 bridgehead atoms. The van der Waals surface area contributed by atoms with Crippen LogP contribution in [-0.2, 0) is 14.6 Å². The van der Waals surface area contributed by atoms with Crippen LogP contribution in [0.2, 0.25) is 0 Å². The molecule has 0 aromatic heterocycles. The van der Waals surface area contributed by atoms with Crippen molar-refractivity contribution in [3.63, 3.8) is 0 Å². The minimum atomic E-state index is -4.33. The second-order valence-corrected chi connectivity index (χ2v) is 6.62. The van der Waals surface area contributed by atoms with Crippen molar-refractivity contribution in [2.45, 2.75) is 90.4 Å². The molecule has 0 saturated carbocycles. The first kappa shape index (κ1) is 24.7. The first-order valence-electron chi connectivity index (χ1n) is 8.37. The van der Waals surface area contributed by atoms with Crippen LogP contribution in [0.25, 0.3) is 0 Å². The Bertz CT molecular complexity index is 342. The summed E-state index contributed by atoms with van der Waals surface area (Å²) in [6.07, 6.45) is 19.1. The van der Waals surface area contributed by atoms with Gasteiger partial charge in [0, 0.05) is 0 Å². The molecule has 0 unspecified atom stereocenters. The average Bonchev–Trinajstić information content (AvgIpc) is 2.42. The number of hydrogen-bond donors (Lipinski definition) is 1. The second kappa shape index (κ2) is 17.8. The van der Waals surface area contributed by atoms with E-state index in [2.05, 4.69) is 11.1 Å². The summed E-state index contributed by atoms with van der Waals surface area (Å²) in [5.41, 5.74) is 0. The summed E-state index contributed by atoms with van der Waals surface area (Å²) in [6, 6.07) is 0. The van der Waals surface area contributed by atoms with Crippen molar-refractivity contribution >= 4 is 10.4 Å². The Hall–Kier alpha value is 0.450. The Labute approximate surface area is 159 Å². The Morgan fingerprint density at radius 3 is 1.64 bits per heavy atom. The molecule has 0 aromatic carbocycles. The van der Waals surface area contributed by atoms with E-state index >= 15 is 0 Å². The minimum Gasteiger partial charge on any atom is -0.370 e. The van der Waals surface area contributed by atoms with Crippen LogP contribution in [0.4, 0.5) is 0 Å². The van der Waals surface area contributed by atoms with E-state index in [1.807, 2.05) is 0 Å². The Kier molecular flexibility index (Phi) is 20.0. The van der Waals surface area contributed by atoms with Gasteiger partial charge in [0.15, 0.2) is 0 Å². The molecule has 0 rings (SSSR count). The van der Waals surface area contributed by atoms with Gasteiger partial charge < -0.3 is 4.18 Å². The molecular weight excluding hydrogens is 311 g/mol. The topological polar surface area (TPSA) is 63.6 Å². The number of hydrogen-bond acceptors (Lipinski definition) is 3. The van der Waals surface area contributed by atoms with Gasteiger partial charge in [-0.2, -0.15) is 8.42 Å². The summed E-state index contributed by atoms with van der Waals surface area (Å²) in [7, 11) is -4.33. The zero-order chi connectivity index (χ0) is 15.8. The van der Waals surface area contributed by atoms with E-state index in [1.54, 1.807) is 6.08 Å². The second-order valence-electron chi connectivity index (χ2n) is 5.57. The molecule has 0 atom stereocenters. The molecule has 0 saturated heterocycles. The van der Waals surface area contributed by atoms with E-state index in [1.165, 1.54) is 64.2 Å². The smallest absolute Gasteiger partial charge is 0.370 e. The number of unbranched alkanes of at least 4 members (excludes halogenated alkanes) is 12. The van der Waals surface area contributed by atoms with Gasteiger partial charge >= 0.3 is 40.0 Å². The Balaban J connectivity index is 0. The Morgan fingerprint density at radius 1 is 0.818 bits per heavy atom. The van der Waals surface area contributed by atoms with Crippen LogP contribution in [0.15, 0.2) is 12.3 Å². The van der Waals surface area contributed by atoms with Crippen LogP contribution in [0.5, 0.6) is 0 Å². The van der Waals surface area contributed by atoms with Gasteiger partial charge in [-0.3, -0.25) is 4.55 Å². The summed E-state index contributed by atoms with van der Waals surface area (Å²) in [6.45, 7) is 2.25. The van der Waals surface area contributed by atoms with Gasteiger partial charge in [-0.1, -0.05) is 77.6 Å². The van der Waals surface area contributed by atoms with Crippen LogP contribution in [0.1, 0.15) is 90.4 Å². The molecule has 0 fully saturated rings. The third-order valence-corrected chi connectivity index (χ3v) is 3.85. The van der Waals surface area contributed by atoms with Crippen molar-refractivity contribution in [3.8, 4) is 0 Å². The number of allylic oxidation sites excluding steroid dienone is 1. The summed E-state index contributed by atoms with van der Waals surface area (Å²) in [5, 5.41) is 0. The van der Waals surface area contributed by atoms with Gasteiger partial charge in [0.05, 0.1) is 0 Å². The fourth-order valence-electron chi connectivity index (χ4n) is 2.28. The average molecular weight is 343 g/mol. The first-order chi connectivity index (χ1) is 10.1. The zero-order valence-corrected chi connectivity index (χ0v) is 17.2. The maximum Gasteiger partial charge on any atom is 1.00 e. The molecule has 6 heteroatoms. The van der Waals surface area contributed by atoms with Crippen molar-refractivity contribution in [3.05, 3.63) is 12.3 Å². The third-order valence-electron chi connectivity index (χ3n) is 3.50. The fourth-order valence-corrected chi connectivity index (χ4v) is 2.50. The predicted octanol–water partition coefficient (Wildman–Crippen LogP) is 2.41. The van der Waals surface area contributed by atoms with Crippen LogP contribution < -0.4 is 29.6 Å². The molecule has 4 nitrogen and oxygen atoms in total. The van der Waals surface area contributed by atoms with Crippen LogP contribution in [0, 0.1) is 0 Å². The van der Waals surface area contributed by atoms with Crippen molar-refractivity contribution in [2.75, 3.05) is 0 Å². The predicted molar refractivity (Wildman–Crippen MR) is 87.5 cm³/mol. The molecular formula is C16H32NaO4S+. The SMILES string of the molecule is CCCCCCCCCCCCCC/C=C/OS(=O)(=O)O.[Na+]. The third kappa shape index (κ3) is 22.7. The van der Waals surface area contributed by atoms with Gasteiger partial charge in [-0.25, -0.2) is 0 Å². The molecule has 22 heavy (non-hydrogen) atoms. The van der Waals surface area contributed by atoms with Gasteiger partial charge in [0.1, 0.15) is 6.26 Å². The molecule has 0 spiro atoms. The van der Waals surface area contributed by atoms with E-state index in [4.69, 9.17) is 4.55 Å². The van der Waals surface area contributed by atoms with Crippen LogP contribution >= 0.6 is 0 Å². The molecule has 0 aromatic rings. The molecule has 0 radical (unpaired) electrons. The van der Waals surface area contributed by atoms with Crippen LogP contribution in [0.3, 0.4) is 0 Å². The van der Waals surface area contributed by atoms with Crippen molar-refractivity contribution < 1.29 is 46.7 Å². The molecule has 0 aliphatic rings. The molecule has 0 aliphatic carbocycles. The zero-order valence-electron chi connectivity index (χ0n) is 14.4. The quantitative estimate of drug-likeness (QED) is 0.215. The van der Waals surface area contributed by atoms with E-state index in [0.717, 1.165) is 25.5 Å². The van der Waals surface area contributed by atoms with Crippen molar-refractivity contribution in [1.29, 1.82) is 0 Å². The van der Waals surface area contributed by atoms with E-state index < -0.39 is 10.4 Å². The standard InChI is InChI=1S/C16H32O4S.Na/c1-2-3-4-5-6-7-8-9-10-11-12-13-14-15-16-20-21(17,18)19;/h15-16H,2-14H2,1H3,(H,17,18,19);/q;+1/b16-15+;. The van der Waals surface area contributed by atoms with Gasteiger partial charge in [-0.05, 0) is 18.9 Å². The Morgan fingerprint density at radius 2 is 1.23 bits per heavy atom. The molecule has 126 valence electrons. The summed E-state index contributed by atoms with van der Waals surface area (Å²) >= 11 is 0. The fraction of sp³-hybridized carbons (Fsp3) is 0.875. The van der Waals surface area contributed by atoms with Gasteiger partial charge in [0.2, 0.25) is 0 Å². The minimum absolute atomic E-state index is 0. The monoisotopic (exact) mass is 343 g/mol.